The van der Waals surface area contributed by atoms with E-state index in [0.29, 0.717) is 38.2 Å². The fourth-order valence-corrected chi connectivity index (χ4v) is 4.13. The van der Waals surface area contributed by atoms with Gasteiger partial charge in [0.1, 0.15) is 0 Å². The van der Waals surface area contributed by atoms with Gasteiger partial charge >= 0.3 is 11.9 Å². The van der Waals surface area contributed by atoms with E-state index in [1.165, 1.54) is 12.1 Å². The summed E-state index contributed by atoms with van der Waals surface area (Å²) < 4.78 is 10.3. The number of hydrogen-bond donors (Lipinski definition) is 0. The molecular weight excluding hydrogens is 418 g/mol. The Morgan fingerprint density at radius 1 is 1.06 bits per heavy atom. The van der Waals surface area contributed by atoms with E-state index in [0.717, 1.165) is 32.4 Å². The molecule has 0 aliphatic carbocycles. The van der Waals surface area contributed by atoms with E-state index in [2.05, 4.69) is 0 Å². The minimum Gasteiger partial charge on any atom is -0.466 e. The van der Waals surface area contributed by atoms with Crippen molar-refractivity contribution in [1.82, 2.24) is 4.90 Å². The third kappa shape index (κ3) is 5.74. The Hall–Kier alpha value is -3.17. The zero-order valence-electron chi connectivity index (χ0n) is 18.3. The molecule has 0 aromatic heterocycles. The fourth-order valence-electron chi connectivity index (χ4n) is 4.13. The van der Waals surface area contributed by atoms with Gasteiger partial charge < -0.3 is 19.3 Å². The third-order valence-electron chi connectivity index (χ3n) is 5.90. The van der Waals surface area contributed by atoms with Crippen LogP contribution in [0.4, 0.5) is 11.4 Å². The zero-order valence-corrected chi connectivity index (χ0v) is 18.3. The Labute approximate surface area is 186 Å². The summed E-state index contributed by atoms with van der Waals surface area (Å²) in [6.07, 6.45) is 4.06. The summed E-state index contributed by atoms with van der Waals surface area (Å²) in [5.74, 6) is -1.59. The average molecular weight is 447 g/mol. The topological polar surface area (TPSA) is 119 Å². The molecule has 0 saturated carbocycles. The minimum absolute atomic E-state index is 0.0925. The summed E-state index contributed by atoms with van der Waals surface area (Å²) in [4.78, 5) is 51.3. The zero-order chi connectivity index (χ0) is 23.1. The van der Waals surface area contributed by atoms with Crippen LogP contribution in [0.2, 0.25) is 0 Å². The molecule has 174 valence electrons. The molecule has 2 saturated heterocycles. The number of nitro groups is 1. The van der Waals surface area contributed by atoms with Crippen molar-refractivity contribution in [3.05, 3.63) is 33.9 Å². The second kappa shape index (κ2) is 10.9. The van der Waals surface area contributed by atoms with Gasteiger partial charge in [0.2, 0.25) is 0 Å². The highest BCUT2D eigenvalue weighted by atomic mass is 16.6. The summed E-state index contributed by atoms with van der Waals surface area (Å²) in [6, 6.07) is 4.16. The summed E-state index contributed by atoms with van der Waals surface area (Å²) in [7, 11) is 0. The number of rotatable bonds is 7. The Morgan fingerprint density at radius 3 is 2.38 bits per heavy atom. The lowest BCUT2D eigenvalue weighted by molar-refractivity contribution is -0.384. The third-order valence-corrected chi connectivity index (χ3v) is 5.90. The lowest BCUT2D eigenvalue weighted by Crippen LogP contribution is -2.42. The number of hydrogen-bond acceptors (Lipinski definition) is 8. The molecule has 2 aliphatic rings. The van der Waals surface area contributed by atoms with E-state index in [9.17, 15) is 24.5 Å². The van der Waals surface area contributed by atoms with Gasteiger partial charge in [-0.1, -0.05) is 0 Å². The predicted octanol–water partition coefficient (Wildman–Crippen LogP) is 2.54. The molecule has 0 unspecified atom stereocenters. The lowest BCUT2D eigenvalue weighted by Gasteiger charge is -2.31. The number of benzene rings is 1. The van der Waals surface area contributed by atoms with Crippen LogP contribution >= 0.6 is 0 Å². The van der Waals surface area contributed by atoms with Crippen LogP contribution < -0.4 is 4.90 Å². The van der Waals surface area contributed by atoms with Gasteiger partial charge in [-0.15, -0.1) is 0 Å². The Bertz CT molecular complexity index is 859. The number of carbonyl (C=O) groups is 3. The number of anilines is 1. The highest BCUT2D eigenvalue weighted by molar-refractivity contribution is 5.97. The van der Waals surface area contributed by atoms with Gasteiger partial charge in [0.15, 0.2) is 6.61 Å². The van der Waals surface area contributed by atoms with Crippen LogP contribution in [0.5, 0.6) is 0 Å². The summed E-state index contributed by atoms with van der Waals surface area (Å²) in [6.45, 7) is 3.91. The molecule has 2 fully saturated rings. The second-order valence-corrected chi connectivity index (χ2v) is 7.99. The monoisotopic (exact) mass is 447 g/mol. The predicted molar refractivity (Wildman–Crippen MR) is 115 cm³/mol. The highest BCUT2D eigenvalue weighted by Crippen LogP contribution is 2.29. The number of non-ortho nitro benzene ring substituents is 1. The summed E-state index contributed by atoms with van der Waals surface area (Å²) >= 11 is 0. The molecule has 1 aromatic carbocycles. The molecule has 2 aliphatic heterocycles. The molecule has 1 aromatic rings. The number of ether oxygens (including phenoxy) is 2. The number of esters is 2. The number of nitro benzene ring substituents is 1. The van der Waals surface area contributed by atoms with Gasteiger partial charge in [-0.3, -0.25) is 19.7 Å². The molecule has 0 bridgehead atoms. The molecule has 3 rings (SSSR count). The molecule has 0 N–H and O–H groups in total. The normalized spacial score (nSPS) is 17.0. The van der Waals surface area contributed by atoms with Crippen LogP contribution in [-0.4, -0.2) is 67.1 Å². The van der Waals surface area contributed by atoms with Crippen molar-refractivity contribution >= 4 is 29.2 Å². The van der Waals surface area contributed by atoms with E-state index in [4.69, 9.17) is 9.47 Å². The second-order valence-electron chi connectivity index (χ2n) is 7.99. The first-order chi connectivity index (χ1) is 15.4. The molecule has 0 atom stereocenters. The Kier molecular flexibility index (Phi) is 8.02. The Morgan fingerprint density at radius 2 is 1.75 bits per heavy atom. The highest BCUT2D eigenvalue weighted by Gasteiger charge is 2.29. The first-order valence-electron chi connectivity index (χ1n) is 11.1. The Balaban J connectivity index is 1.61. The van der Waals surface area contributed by atoms with Crippen molar-refractivity contribution in [1.29, 1.82) is 0 Å². The maximum Gasteiger partial charge on any atom is 0.341 e. The molecule has 0 radical (unpaired) electrons. The molecule has 0 spiro atoms. The SMILES string of the molecule is CCOC(=O)C1CCN(C(=O)COC(=O)c2cc([N+](=O)[O-])ccc2N2CCCCC2)CC1. The maximum absolute atomic E-state index is 12.8. The van der Waals surface area contributed by atoms with Gasteiger partial charge in [-0.05, 0) is 45.1 Å². The van der Waals surface area contributed by atoms with E-state index in [-0.39, 0.29) is 29.0 Å². The van der Waals surface area contributed by atoms with E-state index in [1.807, 2.05) is 4.90 Å². The number of piperidine rings is 2. The van der Waals surface area contributed by atoms with Crippen LogP contribution in [0.25, 0.3) is 0 Å². The van der Waals surface area contributed by atoms with Crippen LogP contribution in [-0.2, 0) is 19.1 Å². The van der Waals surface area contributed by atoms with Crippen molar-refractivity contribution in [3.8, 4) is 0 Å². The quantitative estimate of drug-likeness (QED) is 0.355. The molecule has 2 heterocycles. The maximum atomic E-state index is 12.8. The van der Waals surface area contributed by atoms with Crippen LogP contribution in [0.15, 0.2) is 18.2 Å². The first-order valence-corrected chi connectivity index (χ1v) is 11.1. The van der Waals surface area contributed by atoms with Crippen LogP contribution in [0.3, 0.4) is 0 Å². The molecule has 32 heavy (non-hydrogen) atoms. The van der Waals surface area contributed by atoms with E-state index >= 15 is 0 Å². The summed E-state index contributed by atoms with van der Waals surface area (Å²) in [5, 5.41) is 11.2. The summed E-state index contributed by atoms with van der Waals surface area (Å²) in [5.41, 5.74) is 0.475. The van der Waals surface area contributed by atoms with E-state index in [1.54, 1.807) is 17.9 Å². The van der Waals surface area contributed by atoms with Crippen molar-refractivity contribution in [3.63, 3.8) is 0 Å². The van der Waals surface area contributed by atoms with Gasteiger partial charge in [0, 0.05) is 38.3 Å². The van der Waals surface area contributed by atoms with Crippen molar-refractivity contribution < 1.29 is 28.8 Å². The van der Waals surface area contributed by atoms with Gasteiger partial charge in [0.05, 0.1) is 28.7 Å². The molecular formula is C22H29N3O7. The number of nitrogens with zero attached hydrogens (tertiary/aromatic N) is 3. The van der Waals surface area contributed by atoms with Crippen molar-refractivity contribution in [2.24, 2.45) is 5.92 Å². The van der Waals surface area contributed by atoms with E-state index < -0.39 is 17.5 Å². The molecule has 10 nitrogen and oxygen atoms in total. The minimum atomic E-state index is -0.760. The van der Waals surface area contributed by atoms with Gasteiger partial charge in [0.25, 0.3) is 11.6 Å². The molecule has 1 amide bonds. The lowest BCUT2D eigenvalue weighted by atomic mass is 9.97. The largest absolute Gasteiger partial charge is 0.466 e. The number of amides is 1. The van der Waals surface area contributed by atoms with Gasteiger partial charge in [-0.2, -0.15) is 0 Å². The first kappa shape index (κ1) is 23.5. The van der Waals surface area contributed by atoms with Crippen LogP contribution in [0.1, 0.15) is 49.4 Å². The average Bonchev–Trinajstić information content (AvgIpc) is 2.82. The van der Waals surface area contributed by atoms with Crippen molar-refractivity contribution in [2.45, 2.75) is 39.0 Å². The van der Waals surface area contributed by atoms with Crippen molar-refractivity contribution in [2.75, 3.05) is 44.3 Å². The number of likely N-dealkylation sites (tertiary alicyclic amines) is 1. The smallest absolute Gasteiger partial charge is 0.341 e. The van der Waals surface area contributed by atoms with Gasteiger partial charge in [-0.25, -0.2) is 4.79 Å². The fraction of sp³-hybridized carbons (Fsp3) is 0.591. The van der Waals surface area contributed by atoms with Crippen LogP contribution in [0, 0.1) is 16.0 Å². The molecule has 10 heteroatoms. The standard InChI is InChI=1S/C22H29N3O7/c1-2-31-21(27)16-8-12-24(13-9-16)20(26)15-32-22(28)18-14-17(25(29)30)6-7-19(18)23-10-4-3-5-11-23/h6-7,14,16H,2-5,8-13,15H2,1H3. The number of carbonyl (C=O) groups excluding carboxylic acids is 3.